The van der Waals surface area contributed by atoms with Crippen LogP contribution in [-0.2, 0) is 26.2 Å². The van der Waals surface area contributed by atoms with E-state index in [2.05, 4.69) is 0 Å². The molecule has 2 saturated heterocycles. The van der Waals surface area contributed by atoms with Crippen molar-refractivity contribution in [2.45, 2.75) is 32.6 Å². The van der Waals surface area contributed by atoms with Gasteiger partial charge in [0.05, 0.1) is 38.7 Å². The molecule has 2 aromatic heterocycles. The predicted octanol–water partition coefficient (Wildman–Crippen LogP) is 7.31. The summed E-state index contributed by atoms with van der Waals surface area (Å²) in [5.41, 5.74) is 1.49. The van der Waals surface area contributed by atoms with Crippen LogP contribution in [0.5, 0.6) is 5.75 Å². The van der Waals surface area contributed by atoms with Gasteiger partial charge in [0.25, 0.3) is 5.69 Å². The van der Waals surface area contributed by atoms with Crippen LogP contribution in [0, 0.1) is 46.1 Å². The van der Waals surface area contributed by atoms with E-state index in [9.17, 15) is 29.6 Å². The maximum atomic E-state index is 15.0. The Morgan fingerprint density at radius 3 is 2.50 bits per heavy atom. The third-order valence-corrected chi connectivity index (χ3v) is 13.5. The Morgan fingerprint density at radius 1 is 0.963 bits per heavy atom. The van der Waals surface area contributed by atoms with Crippen LogP contribution in [0.3, 0.4) is 0 Å². The number of thiophene rings is 1. The number of carbonyl (C=O) groups is 4. The molecule has 14 heteroatoms. The Labute approximate surface area is 317 Å². The number of nitro benzene ring substituents is 1. The van der Waals surface area contributed by atoms with Crippen molar-refractivity contribution in [2.24, 2.45) is 36.1 Å². The van der Waals surface area contributed by atoms with Gasteiger partial charge in [0.15, 0.2) is 0 Å². The maximum Gasteiger partial charge on any atom is 0.271 e. The van der Waals surface area contributed by atoms with Gasteiger partial charge in [0.1, 0.15) is 17.3 Å². The fraction of sp³-hybridized carbons (Fsp3) is 0.275. The summed E-state index contributed by atoms with van der Waals surface area (Å²) in [6.45, 7) is 3.77. The largest absolute Gasteiger partial charge is 0.508 e. The Kier molecular flexibility index (Phi) is 7.54. The third kappa shape index (κ3) is 4.70. The van der Waals surface area contributed by atoms with Gasteiger partial charge in [-0.15, -0.1) is 11.3 Å². The number of amides is 4. The van der Waals surface area contributed by atoms with Crippen molar-refractivity contribution in [2.75, 3.05) is 9.80 Å². The van der Waals surface area contributed by atoms with Crippen molar-refractivity contribution in [3.05, 3.63) is 111 Å². The normalized spacial score (nSPS) is 26.3. The first kappa shape index (κ1) is 34.1. The summed E-state index contributed by atoms with van der Waals surface area (Å²) < 4.78 is 2.56. The number of hydrogen-bond acceptors (Lipinski definition) is 9. The molecule has 1 saturated carbocycles. The zero-order valence-corrected chi connectivity index (χ0v) is 30.8. The smallest absolute Gasteiger partial charge is 0.271 e. The highest BCUT2D eigenvalue weighted by atomic mass is 35.5. The molecule has 4 aliphatic rings. The van der Waals surface area contributed by atoms with Gasteiger partial charge in [-0.05, 0) is 85.5 Å². The molecule has 3 fully saturated rings. The molecule has 4 heterocycles. The molecule has 2 aliphatic heterocycles. The molecule has 272 valence electrons. The number of hydrogen-bond donors (Lipinski definition) is 1. The molecule has 4 amide bonds. The van der Waals surface area contributed by atoms with E-state index >= 15 is 4.79 Å². The van der Waals surface area contributed by atoms with Gasteiger partial charge < -0.3 is 5.11 Å². The number of aromatic hydroxyl groups is 1. The van der Waals surface area contributed by atoms with Crippen LogP contribution in [0.15, 0.2) is 84.4 Å². The van der Waals surface area contributed by atoms with E-state index in [-0.39, 0.29) is 30.0 Å². The van der Waals surface area contributed by atoms with E-state index in [1.165, 1.54) is 39.9 Å². The zero-order chi connectivity index (χ0) is 38.0. The number of nitrogens with zero attached hydrogens (tertiary/aromatic N) is 5. The molecule has 1 N–H and O–H groups in total. The van der Waals surface area contributed by atoms with Crippen molar-refractivity contribution < 1.29 is 29.2 Å². The standard InChI is InChI=1S/C40H32ClN5O7S/c1-19-27-15-21(41)10-13-31(27)54-35(19)30-18-32(43(3)42-30)45-37(49)29-17-28-25(34(40(29,2)39(45)51)20-6-4-9-24(47)14-20)11-12-26-33(28)38(50)44(36(26)48)22-7-5-8-23(16-22)46(52)53/h4-11,13-16,18,26,28-29,33-34,47H,12,17H2,1-3H3/t26-,28+,29-,33-,34-,40+/m0/s1. The summed E-state index contributed by atoms with van der Waals surface area (Å²) in [5.74, 6) is -5.33. The number of carbonyl (C=O) groups excluding carboxylic acids is 4. The number of aryl methyl sites for hydroxylation is 2. The minimum atomic E-state index is -1.32. The van der Waals surface area contributed by atoms with E-state index in [1.807, 2.05) is 31.2 Å². The van der Waals surface area contributed by atoms with Gasteiger partial charge in [0.2, 0.25) is 23.6 Å². The van der Waals surface area contributed by atoms with E-state index in [1.54, 1.807) is 49.6 Å². The quantitative estimate of drug-likeness (QED) is 0.0846. The molecular weight excluding hydrogens is 730 g/mol. The van der Waals surface area contributed by atoms with Gasteiger partial charge in [0, 0.05) is 40.9 Å². The van der Waals surface area contributed by atoms with E-state index < -0.39 is 63.6 Å². The van der Waals surface area contributed by atoms with E-state index in [4.69, 9.17) is 16.7 Å². The fourth-order valence-corrected chi connectivity index (χ4v) is 10.9. The lowest BCUT2D eigenvalue weighted by molar-refractivity contribution is -0.384. The first-order chi connectivity index (χ1) is 25.8. The topological polar surface area (TPSA) is 156 Å². The van der Waals surface area contributed by atoms with Crippen molar-refractivity contribution in [3.63, 3.8) is 0 Å². The van der Waals surface area contributed by atoms with Crippen LogP contribution in [-0.4, -0.2) is 43.4 Å². The Morgan fingerprint density at radius 2 is 1.74 bits per heavy atom. The van der Waals surface area contributed by atoms with E-state index in [0.717, 1.165) is 31.0 Å². The molecule has 2 aliphatic carbocycles. The summed E-state index contributed by atoms with van der Waals surface area (Å²) in [6, 6.07) is 19.5. The Hall–Kier alpha value is -5.66. The molecule has 5 aromatic rings. The lowest BCUT2D eigenvalue weighted by atomic mass is 9.51. The van der Waals surface area contributed by atoms with Gasteiger partial charge in [-0.1, -0.05) is 41.4 Å². The molecule has 9 rings (SSSR count). The molecule has 0 bridgehead atoms. The summed E-state index contributed by atoms with van der Waals surface area (Å²) >= 11 is 7.84. The third-order valence-electron chi connectivity index (χ3n) is 12.0. The minimum absolute atomic E-state index is 0.0158. The Balaban J connectivity index is 1.14. The number of anilines is 2. The van der Waals surface area contributed by atoms with Crippen molar-refractivity contribution in [1.82, 2.24) is 9.78 Å². The lowest BCUT2D eigenvalue weighted by Crippen LogP contribution is -2.48. The number of non-ortho nitro benzene ring substituents is 1. The summed E-state index contributed by atoms with van der Waals surface area (Å²) in [4.78, 5) is 72.2. The monoisotopic (exact) mass is 761 g/mol. The lowest BCUT2D eigenvalue weighted by Gasteiger charge is -2.49. The molecule has 6 atom stereocenters. The number of fused-ring (bicyclic) bond motifs is 5. The predicted molar refractivity (Wildman–Crippen MR) is 202 cm³/mol. The van der Waals surface area contributed by atoms with Gasteiger partial charge in [-0.2, -0.15) is 5.10 Å². The van der Waals surface area contributed by atoms with Crippen LogP contribution in [0.25, 0.3) is 20.7 Å². The highest BCUT2D eigenvalue weighted by Gasteiger charge is 2.68. The summed E-state index contributed by atoms with van der Waals surface area (Å²) in [6.07, 6.45) is 2.25. The number of aromatic nitrogens is 2. The van der Waals surface area contributed by atoms with Crippen molar-refractivity contribution in [3.8, 4) is 16.3 Å². The number of rotatable bonds is 5. The summed E-state index contributed by atoms with van der Waals surface area (Å²) in [7, 11) is 1.69. The molecule has 3 aromatic carbocycles. The van der Waals surface area contributed by atoms with Gasteiger partial charge >= 0.3 is 0 Å². The van der Waals surface area contributed by atoms with Crippen LogP contribution in [0.2, 0.25) is 5.02 Å². The first-order valence-corrected chi connectivity index (χ1v) is 18.7. The number of imide groups is 2. The zero-order valence-electron chi connectivity index (χ0n) is 29.2. The second-order valence-corrected chi connectivity index (χ2v) is 16.2. The van der Waals surface area contributed by atoms with E-state index in [0.29, 0.717) is 22.1 Å². The highest BCUT2D eigenvalue weighted by Crippen LogP contribution is 2.64. The average Bonchev–Trinajstić information content (AvgIpc) is 3.81. The number of allylic oxidation sites excluding steroid dienone is 2. The molecular formula is C40H32ClN5O7S. The minimum Gasteiger partial charge on any atom is -0.508 e. The number of nitro groups is 1. The van der Waals surface area contributed by atoms with Crippen LogP contribution in [0.1, 0.15) is 36.8 Å². The maximum absolute atomic E-state index is 15.0. The SMILES string of the molecule is Cc1c(-c2cc(N3C(=O)[C@@H]4C[C@@H]5C(=CC[C@@H]6C(=O)N(c7cccc([N+](=O)[O-])c7)C(=O)[C@@H]65)[C@H](c5cccc(O)c5)[C@]4(C)C3=O)n(C)n2)sc2ccc(Cl)cc12. The van der Waals surface area contributed by atoms with Crippen LogP contribution in [0.4, 0.5) is 17.2 Å². The molecule has 0 radical (unpaired) electrons. The molecule has 12 nitrogen and oxygen atoms in total. The molecule has 54 heavy (non-hydrogen) atoms. The van der Waals surface area contributed by atoms with Crippen molar-refractivity contribution in [1.29, 1.82) is 0 Å². The fourth-order valence-electron chi connectivity index (χ4n) is 9.53. The molecule has 0 unspecified atom stereocenters. The highest BCUT2D eigenvalue weighted by molar-refractivity contribution is 7.22. The van der Waals surface area contributed by atoms with Gasteiger partial charge in [-0.25, -0.2) is 9.80 Å². The Bertz CT molecular complexity index is 2560. The molecule has 0 spiro atoms. The second-order valence-electron chi connectivity index (χ2n) is 14.8. The van der Waals surface area contributed by atoms with Crippen LogP contribution >= 0.6 is 22.9 Å². The number of phenolic OH excluding ortho intramolecular Hbond substituents is 1. The first-order valence-electron chi connectivity index (χ1n) is 17.5. The average molecular weight is 762 g/mol. The number of halogens is 1. The number of benzene rings is 3. The summed E-state index contributed by atoms with van der Waals surface area (Å²) in [5, 5.41) is 28.6. The van der Waals surface area contributed by atoms with Gasteiger partial charge in [-0.3, -0.25) is 34.0 Å². The van der Waals surface area contributed by atoms with Crippen LogP contribution < -0.4 is 9.80 Å². The second kappa shape index (κ2) is 11.9. The van der Waals surface area contributed by atoms with Crippen molar-refractivity contribution >= 4 is 73.8 Å². The number of phenols is 1.